The molecule has 0 radical (unpaired) electrons. The van der Waals surface area contributed by atoms with Gasteiger partial charge in [0.1, 0.15) is 13.3 Å². The van der Waals surface area contributed by atoms with Crippen LogP contribution in [0.1, 0.15) is 26.3 Å². The van der Waals surface area contributed by atoms with Gasteiger partial charge in [-0.15, -0.1) is 0 Å². The van der Waals surface area contributed by atoms with E-state index in [1.54, 1.807) is 0 Å². The minimum atomic E-state index is -0.230. The van der Waals surface area contributed by atoms with Gasteiger partial charge >= 0.3 is 6.09 Å². The highest BCUT2D eigenvalue weighted by molar-refractivity contribution is 5.68. The zero-order chi connectivity index (χ0) is 16.4. The van der Waals surface area contributed by atoms with E-state index >= 15 is 0 Å². The third-order valence-electron chi connectivity index (χ3n) is 5.30. The molecule has 1 aromatic rings. The van der Waals surface area contributed by atoms with Crippen molar-refractivity contribution in [2.75, 3.05) is 26.4 Å². The van der Waals surface area contributed by atoms with Gasteiger partial charge in [-0.1, -0.05) is 44.2 Å². The lowest BCUT2D eigenvalue weighted by Crippen LogP contribution is -2.59. The molecule has 2 aliphatic heterocycles. The third kappa shape index (κ3) is 3.21. The average Bonchev–Trinajstić information content (AvgIpc) is 2.92. The van der Waals surface area contributed by atoms with Crippen LogP contribution in [0.5, 0.6) is 0 Å². The van der Waals surface area contributed by atoms with Crippen LogP contribution in [0.4, 0.5) is 4.79 Å². The Kier molecular flexibility index (Phi) is 4.60. The zero-order valence-electron chi connectivity index (χ0n) is 14.2. The number of carbonyl (C=O) groups excluding carboxylic acids is 1. The third-order valence-corrected chi connectivity index (χ3v) is 5.30. The maximum atomic E-state index is 12.4. The second-order valence-electron chi connectivity index (χ2n) is 6.93. The molecule has 0 aromatic heterocycles. The Balaban J connectivity index is 1.60. The van der Waals surface area contributed by atoms with E-state index in [0.29, 0.717) is 32.3 Å². The largest absolute Gasteiger partial charge is 0.445 e. The Morgan fingerprint density at radius 1 is 1.35 bits per heavy atom. The van der Waals surface area contributed by atoms with Crippen molar-refractivity contribution >= 4 is 6.09 Å². The first-order valence-corrected chi connectivity index (χ1v) is 8.34. The molecule has 0 bridgehead atoms. The molecule has 0 saturated carbocycles. The maximum absolute atomic E-state index is 12.4. The first kappa shape index (κ1) is 16.3. The Morgan fingerprint density at radius 3 is 2.78 bits per heavy atom. The highest BCUT2D eigenvalue weighted by atomic mass is 16.6. The molecular weight excluding hydrogens is 292 g/mol. The lowest BCUT2D eigenvalue weighted by atomic mass is 9.84. The lowest BCUT2D eigenvalue weighted by Gasteiger charge is -2.42. The second kappa shape index (κ2) is 6.49. The van der Waals surface area contributed by atoms with E-state index in [0.717, 1.165) is 12.1 Å². The van der Waals surface area contributed by atoms with E-state index < -0.39 is 0 Å². The van der Waals surface area contributed by atoms with Crippen molar-refractivity contribution in [1.82, 2.24) is 9.80 Å². The van der Waals surface area contributed by atoms with Gasteiger partial charge in [0.15, 0.2) is 0 Å². The van der Waals surface area contributed by atoms with E-state index in [1.807, 2.05) is 35.2 Å². The van der Waals surface area contributed by atoms with E-state index in [2.05, 4.69) is 25.7 Å². The monoisotopic (exact) mass is 318 g/mol. The van der Waals surface area contributed by atoms with Gasteiger partial charge in [0.25, 0.3) is 0 Å². The molecule has 23 heavy (non-hydrogen) atoms. The van der Waals surface area contributed by atoms with Crippen LogP contribution in [0.3, 0.4) is 0 Å². The van der Waals surface area contributed by atoms with Crippen LogP contribution in [0, 0.1) is 5.92 Å². The summed E-state index contributed by atoms with van der Waals surface area (Å²) in [5, 5.41) is 0. The fraction of sp³-hybridized carbons (Fsp3) is 0.611. The van der Waals surface area contributed by atoms with E-state index in [4.69, 9.17) is 9.47 Å². The van der Waals surface area contributed by atoms with Crippen molar-refractivity contribution < 1.29 is 14.3 Å². The predicted octanol–water partition coefficient (Wildman–Crippen LogP) is 2.71. The van der Waals surface area contributed by atoms with Crippen molar-refractivity contribution in [3.05, 3.63) is 35.9 Å². The molecular formula is C18H26N2O3. The summed E-state index contributed by atoms with van der Waals surface area (Å²) < 4.78 is 11.5. The van der Waals surface area contributed by atoms with Crippen LogP contribution in [0.15, 0.2) is 30.3 Å². The predicted molar refractivity (Wildman–Crippen MR) is 87.9 cm³/mol. The number of carbonyl (C=O) groups is 1. The first-order chi connectivity index (χ1) is 11.0. The zero-order valence-corrected chi connectivity index (χ0v) is 14.2. The van der Waals surface area contributed by atoms with Crippen molar-refractivity contribution in [2.24, 2.45) is 5.92 Å². The maximum Gasteiger partial charge on any atom is 0.410 e. The molecule has 2 aliphatic rings. The fourth-order valence-electron chi connectivity index (χ4n) is 3.36. The van der Waals surface area contributed by atoms with Gasteiger partial charge in [-0.05, 0) is 18.4 Å². The molecule has 0 unspecified atom stereocenters. The van der Waals surface area contributed by atoms with E-state index in [9.17, 15) is 4.79 Å². The van der Waals surface area contributed by atoms with Crippen LogP contribution in [0.2, 0.25) is 0 Å². The van der Waals surface area contributed by atoms with E-state index in [1.165, 1.54) is 0 Å². The molecule has 2 saturated heterocycles. The number of hydrogen-bond donors (Lipinski definition) is 0. The summed E-state index contributed by atoms with van der Waals surface area (Å²) in [6.07, 6.45) is -0.230. The number of amides is 1. The summed E-state index contributed by atoms with van der Waals surface area (Å²) in [4.78, 5) is 16.5. The fourth-order valence-corrected chi connectivity index (χ4v) is 3.36. The molecule has 0 N–H and O–H groups in total. The number of piperazine rings is 1. The van der Waals surface area contributed by atoms with Gasteiger partial charge in [-0.25, -0.2) is 4.79 Å². The minimum Gasteiger partial charge on any atom is -0.445 e. The summed E-state index contributed by atoms with van der Waals surface area (Å²) in [7, 11) is 0. The number of fused-ring (bicyclic) bond motifs is 1. The number of hydrogen-bond acceptors (Lipinski definition) is 4. The summed E-state index contributed by atoms with van der Waals surface area (Å²) in [5.41, 5.74) is 0.800. The van der Waals surface area contributed by atoms with Gasteiger partial charge in [-0.3, -0.25) is 4.90 Å². The smallest absolute Gasteiger partial charge is 0.410 e. The molecule has 2 heterocycles. The van der Waals surface area contributed by atoms with Crippen LogP contribution in [-0.2, 0) is 16.1 Å². The van der Waals surface area contributed by atoms with Crippen LogP contribution < -0.4 is 0 Å². The Labute approximate surface area is 138 Å². The topological polar surface area (TPSA) is 42.0 Å². The van der Waals surface area contributed by atoms with Crippen molar-refractivity contribution in [3.8, 4) is 0 Å². The summed E-state index contributed by atoms with van der Waals surface area (Å²) >= 11 is 0. The highest BCUT2D eigenvalue weighted by Gasteiger charge is 2.50. The van der Waals surface area contributed by atoms with Gasteiger partial charge in [-0.2, -0.15) is 0 Å². The number of rotatable bonds is 3. The van der Waals surface area contributed by atoms with Crippen molar-refractivity contribution in [1.29, 1.82) is 0 Å². The number of nitrogens with zero attached hydrogens (tertiary/aromatic N) is 2. The summed E-state index contributed by atoms with van der Waals surface area (Å²) in [6.45, 7) is 9.69. The van der Waals surface area contributed by atoms with E-state index in [-0.39, 0.29) is 17.7 Å². The van der Waals surface area contributed by atoms with Crippen LogP contribution in [-0.4, -0.2) is 53.9 Å². The molecule has 0 spiro atoms. The van der Waals surface area contributed by atoms with Crippen LogP contribution in [0.25, 0.3) is 0 Å². The molecule has 126 valence electrons. The number of ether oxygens (including phenoxy) is 2. The molecule has 2 atom stereocenters. The molecule has 5 nitrogen and oxygen atoms in total. The average molecular weight is 318 g/mol. The lowest BCUT2D eigenvalue weighted by molar-refractivity contribution is -0.0308. The Hall–Kier alpha value is -1.59. The van der Waals surface area contributed by atoms with Crippen LogP contribution >= 0.6 is 0 Å². The Bertz CT molecular complexity index is 548. The SMILES string of the molecule is CC(C)[C@]1(C)OCN2CCN(C(=O)OCc3ccccc3)C[C@H]21. The van der Waals surface area contributed by atoms with Crippen molar-refractivity contribution in [3.63, 3.8) is 0 Å². The molecule has 3 rings (SSSR count). The second-order valence-corrected chi connectivity index (χ2v) is 6.93. The first-order valence-electron chi connectivity index (χ1n) is 8.34. The standard InChI is InChI=1S/C18H26N2O3/c1-14(2)18(3)16-11-19(9-10-20(16)13-23-18)17(21)22-12-15-7-5-4-6-8-15/h4-8,14,16H,9-13H2,1-3H3/t16-,18-/m0/s1. The summed E-state index contributed by atoms with van der Waals surface area (Å²) in [6, 6.07) is 10.0. The minimum absolute atomic E-state index is 0.210. The normalized spacial score (nSPS) is 28.0. The molecule has 0 aliphatic carbocycles. The highest BCUT2D eigenvalue weighted by Crippen LogP contribution is 2.36. The molecule has 1 amide bonds. The van der Waals surface area contributed by atoms with Gasteiger partial charge in [0, 0.05) is 19.6 Å². The molecule has 5 heteroatoms. The number of benzene rings is 1. The summed E-state index contributed by atoms with van der Waals surface area (Å²) in [5.74, 6) is 0.401. The van der Waals surface area contributed by atoms with Gasteiger partial charge in [0.2, 0.25) is 0 Å². The van der Waals surface area contributed by atoms with Gasteiger partial charge < -0.3 is 14.4 Å². The molecule has 2 fully saturated rings. The van der Waals surface area contributed by atoms with Gasteiger partial charge in [0.05, 0.1) is 11.6 Å². The Morgan fingerprint density at radius 2 is 2.09 bits per heavy atom. The molecule has 1 aromatic carbocycles. The van der Waals surface area contributed by atoms with Crippen molar-refractivity contribution in [2.45, 2.75) is 39.0 Å². The quantitative estimate of drug-likeness (QED) is 0.859.